The summed E-state index contributed by atoms with van der Waals surface area (Å²) in [4.78, 5) is 29.9. The summed E-state index contributed by atoms with van der Waals surface area (Å²) in [5.41, 5.74) is 4.71. The second-order valence-corrected chi connectivity index (χ2v) is 8.97. The van der Waals surface area contributed by atoms with Gasteiger partial charge in [0.25, 0.3) is 5.91 Å². The highest BCUT2D eigenvalue weighted by Crippen LogP contribution is 2.28. The Morgan fingerprint density at radius 3 is 2.47 bits per heavy atom. The minimum Gasteiger partial charge on any atom is -0.506 e. The standard InChI is InChI=1S/C29H26ClN3O3/c1-18-15-22(30)11-12-23(18)28(21-7-4-3-5-8-21)33-27(35)17-20-10-13-26(34)25(16-20)32-29(36)24-9-6-14-31-19(24)2/h3-16,28,34H,17H2,1-2H3,(H,32,36)(H,33,35). The quantitative estimate of drug-likeness (QED) is 0.282. The van der Waals surface area contributed by atoms with E-state index in [-0.39, 0.29) is 35.7 Å². The van der Waals surface area contributed by atoms with Crippen LogP contribution in [0.2, 0.25) is 5.02 Å². The van der Waals surface area contributed by atoms with Gasteiger partial charge in [-0.1, -0.05) is 54.1 Å². The highest BCUT2D eigenvalue weighted by molar-refractivity contribution is 6.30. The van der Waals surface area contributed by atoms with E-state index in [2.05, 4.69) is 15.6 Å². The van der Waals surface area contributed by atoms with E-state index in [1.807, 2.05) is 55.5 Å². The summed E-state index contributed by atoms with van der Waals surface area (Å²) >= 11 is 6.15. The van der Waals surface area contributed by atoms with Crippen molar-refractivity contribution >= 4 is 29.1 Å². The second-order valence-electron chi connectivity index (χ2n) is 8.53. The van der Waals surface area contributed by atoms with Crippen LogP contribution in [0.15, 0.2) is 85.1 Å². The number of aromatic nitrogens is 1. The molecule has 4 aromatic rings. The lowest BCUT2D eigenvalue weighted by molar-refractivity contribution is -0.120. The van der Waals surface area contributed by atoms with Gasteiger partial charge >= 0.3 is 0 Å². The maximum Gasteiger partial charge on any atom is 0.257 e. The molecular formula is C29H26ClN3O3. The summed E-state index contributed by atoms with van der Waals surface area (Å²) < 4.78 is 0. The maximum atomic E-state index is 13.1. The van der Waals surface area contributed by atoms with Gasteiger partial charge in [0.15, 0.2) is 0 Å². The molecule has 1 atom stereocenters. The normalized spacial score (nSPS) is 11.5. The number of nitrogens with zero attached hydrogens (tertiary/aromatic N) is 1. The van der Waals surface area contributed by atoms with E-state index in [0.717, 1.165) is 16.7 Å². The maximum absolute atomic E-state index is 13.1. The zero-order chi connectivity index (χ0) is 25.7. The van der Waals surface area contributed by atoms with E-state index >= 15 is 0 Å². The fourth-order valence-electron chi connectivity index (χ4n) is 4.05. The number of halogens is 1. The minimum absolute atomic E-state index is 0.0606. The average Bonchev–Trinajstić information content (AvgIpc) is 2.86. The number of pyridine rings is 1. The van der Waals surface area contributed by atoms with Crippen LogP contribution in [0, 0.1) is 13.8 Å². The molecule has 0 aliphatic rings. The zero-order valence-electron chi connectivity index (χ0n) is 20.0. The number of phenolic OH excluding ortho intramolecular Hbond substituents is 1. The monoisotopic (exact) mass is 499 g/mol. The van der Waals surface area contributed by atoms with E-state index in [4.69, 9.17) is 11.6 Å². The molecular weight excluding hydrogens is 474 g/mol. The summed E-state index contributed by atoms with van der Waals surface area (Å²) in [6.07, 6.45) is 1.67. The Morgan fingerprint density at radius 1 is 0.972 bits per heavy atom. The van der Waals surface area contributed by atoms with Gasteiger partial charge in [-0.15, -0.1) is 0 Å². The van der Waals surface area contributed by atoms with E-state index < -0.39 is 0 Å². The predicted molar refractivity (Wildman–Crippen MR) is 141 cm³/mol. The molecule has 0 bridgehead atoms. The average molecular weight is 500 g/mol. The van der Waals surface area contributed by atoms with Gasteiger partial charge in [-0.3, -0.25) is 14.6 Å². The van der Waals surface area contributed by atoms with Crippen molar-refractivity contribution in [2.75, 3.05) is 5.32 Å². The number of benzene rings is 3. The summed E-state index contributed by atoms with van der Waals surface area (Å²) in [6.45, 7) is 3.70. The number of aryl methyl sites for hydroxylation is 2. The molecule has 1 unspecified atom stereocenters. The number of aromatic hydroxyl groups is 1. The molecule has 36 heavy (non-hydrogen) atoms. The fourth-order valence-corrected chi connectivity index (χ4v) is 4.28. The molecule has 0 saturated heterocycles. The van der Waals surface area contributed by atoms with Crippen molar-refractivity contribution < 1.29 is 14.7 Å². The number of hydrogen-bond donors (Lipinski definition) is 3. The number of hydrogen-bond acceptors (Lipinski definition) is 4. The molecule has 6 nitrogen and oxygen atoms in total. The zero-order valence-corrected chi connectivity index (χ0v) is 20.7. The van der Waals surface area contributed by atoms with Crippen molar-refractivity contribution in [3.8, 4) is 5.75 Å². The first-order valence-electron chi connectivity index (χ1n) is 11.5. The first kappa shape index (κ1) is 24.9. The smallest absolute Gasteiger partial charge is 0.257 e. The molecule has 1 heterocycles. The van der Waals surface area contributed by atoms with Gasteiger partial charge in [0, 0.05) is 16.9 Å². The molecule has 0 radical (unpaired) electrons. The van der Waals surface area contributed by atoms with Gasteiger partial charge in [-0.05, 0) is 72.5 Å². The van der Waals surface area contributed by atoms with Crippen LogP contribution in [0.3, 0.4) is 0 Å². The second kappa shape index (κ2) is 11.1. The largest absolute Gasteiger partial charge is 0.506 e. The number of rotatable bonds is 7. The SMILES string of the molecule is Cc1cc(Cl)ccc1C(NC(=O)Cc1ccc(O)c(NC(=O)c2cccnc2C)c1)c1ccccc1. The van der Waals surface area contributed by atoms with Gasteiger partial charge in [-0.2, -0.15) is 0 Å². The van der Waals surface area contributed by atoms with Crippen LogP contribution >= 0.6 is 11.6 Å². The Balaban J connectivity index is 1.54. The van der Waals surface area contributed by atoms with Crippen molar-refractivity contribution in [1.29, 1.82) is 0 Å². The van der Waals surface area contributed by atoms with Gasteiger partial charge < -0.3 is 15.7 Å². The summed E-state index contributed by atoms with van der Waals surface area (Å²) in [5.74, 6) is -0.683. The van der Waals surface area contributed by atoms with Crippen molar-refractivity contribution in [3.63, 3.8) is 0 Å². The van der Waals surface area contributed by atoms with Crippen LogP contribution in [0.1, 0.15) is 44.3 Å². The Morgan fingerprint density at radius 2 is 1.75 bits per heavy atom. The van der Waals surface area contributed by atoms with Crippen LogP contribution in [-0.2, 0) is 11.2 Å². The molecule has 0 aliphatic heterocycles. The van der Waals surface area contributed by atoms with Crippen LogP contribution < -0.4 is 10.6 Å². The molecule has 3 aromatic carbocycles. The third-order valence-electron chi connectivity index (χ3n) is 5.91. The Bertz CT molecular complexity index is 1410. The van der Waals surface area contributed by atoms with Crippen LogP contribution in [0.4, 0.5) is 5.69 Å². The van der Waals surface area contributed by atoms with E-state index in [9.17, 15) is 14.7 Å². The first-order chi connectivity index (χ1) is 17.3. The summed E-state index contributed by atoms with van der Waals surface area (Å²) in [6, 6.07) is 23.0. The molecule has 4 rings (SSSR count). The molecule has 0 spiro atoms. The number of carbonyl (C=O) groups excluding carboxylic acids is 2. The van der Waals surface area contributed by atoms with Gasteiger partial charge in [0.2, 0.25) is 5.91 Å². The fraction of sp³-hybridized carbons (Fsp3) is 0.138. The lowest BCUT2D eigenvalue weighted by Crippen LogP contribution is -2.31. The topological polar surface area (TPSA) is 91.3 Å². The van der Waals surface area contributed by atoms with Gasteiger partial charge in [-0.25, -0.2) is 0 Å². The minimum atomic E-state index is -0.389. The number of nitrogens with one attached hydrogen (secondary N) is 2. The Hall–Kier alpha value is -4.16. The van der Waals surface area contributed by atoms with E-state index in [0.29, 0.717) is 21.8 Å². The van der Waals surface area contributed by atoms with Crippen molar-refractivity contribution in [2.45, 2.75) is 26.3 Å². The third-order valence-corrected chi connectivity index (χ3v) is 6.14. The molecule has 0 aliphatic carbocycles. The molecule has 1 aromatic heterocycles. The number of phenols is 1. The van der Waals surface area contributed by atoms with Crippen molar-refractivity contribution in [3.05, 3.63) is 124 Å². The highest BCUT2D eigenvalue weighted by Gasteiger charge is 2.20. The lowest BCUT2D eigenvalue weighted by atomic mass is 9.94. The van der Waals surface area contributed by atoms with Crippen molar-refractivity contribution in [2.24, 2.45) is 0 Å². The Kier molecular flexibility index (Phi) is 7.66. The van der Waals surface area contributed by atoms with Crippen LogP contribution in [0.5, 0.6) is 5.75 Å². The molecule has 3 N–H and O–H groups in total. The molecule has 2 amide bonds. The lowest BCUT2D eigenvalue weighted by Gasteiger charge is -2.22. The molecule has 182 valence electrons. The first-order valence-corrected chi connectivity index (χ1v) is 11.8. The molecule has 0 fully saturated rings. The molecule has 7 heteroatoms. The summed E-state index contributed by atoms with van der Waals surface area (Å²) in [5, 5.41) is 16.8. The summed E-state index contributed by atoms with van der Waals surface area (Å²) in [7, 11) is 0. The van der Waals surface area contributed by atoms with Crippen LogP contribution in [0.25, 0.3) is 0 Å². The van der Waals surface area contributed by atoms with Gasteiger partial charge in [0.1, 0.15) is 5.75 Å². The van der Waals surface area contributed by atoms with Crippen LogP contribution in [-0.4, -0.2) is 21.9 Å². The van der Waals surface area contributed by atoms with E-state index in [1.165, 1.54) is 6.07 Å². The molecule has 0 saturated carbocycles. The number of carbonyl (C=O) groups is 2. The Labute approximate surface area is 215 Å². The third kappa shape index (κ3) is 5.90. The van der Waals surface area contributed by atoms with Gasteiger partial charge in [0.05, 0.1) is 23.7 Å². The number of anilines is 1. The predicted octanol–water partition coefficient (Wildman–Crippen LogP) is 5.76. The van der Waals surface area contributed by atoms with E-state index in [1.54, 1.807) is 37.4 Å². The number of amides is 2. The van der Waals surface area contributed by atoms with Crippen molar-refractivity contribution in [1.82, 2.24) is 10.3 Å². The highest BCUT2D eigenvalue weighted by atomic mass is 35.5.